The fraction of sp³-hybridized carbons (Fsp3) is 0.914. The van der Waals surface area contributed by atoms with Crippen molar-refractivity contribution in [1.82, 2.24) is 0 Å². The normalized spacial score (nSPS) is 12.0. The Labute approximate surface area is 399 Å². The van der Waals surface area contributed by atoms with Gasteiger partial charge in [-0.05, 0) is 44.9 Å². The molecule has 0 amide bonds. The zero-order chi connectivity index (χ0) is 46.5. The summed E-state index contributed by atoms with van der Waals surface area (Å²) in [5.74, 6) is -0.856. The van der Waals surface area contributed by atoms with Gasteiger partial charge in [0.05, 0.1) is 0 Å². The number of esters is 3. The number of hydrogen-bond acceptors (Lipinski definition) is 6. The highest BCUT2D eigenvalue weighted by atomic mass is 16.6. The molecule has 0 aromatic carbocycles. The topological polar surface area (TPSA) is 78.9 Å². The van der Waals surface area contributed by atoms with Gasteiger partial charge >= 0.3 is 17.9 Å². The van der Waals surface area contributed by atoms with Gasteiger partial charge in [0, 0.05) is 19.3 Å². The highest BCUT2D eigenvalue weighted by Crippen LogP contribution is 2.17. The van der Waals surface area contributed by atoms with Crippen molar-refractivity contribution in [2.24, 2.45) is 0 Å². The molecular formula is C58H110O6. The van der Waals surface area contributed by atoms with E-state index in [4.69, 9.17) is 14.2 Å². The van der Waals surface area contributed by atoms with Crippen molar-refractivity contribution in [3.05, 3.63) is 12.2 Å². The second-order valence-corrected chi connectivity index (χ2v) is 19.6. The Morgan fingerprint density at radius 3 is 0.797 bits per heavy atom. The van der Waals surface area contributed by atoms with Gasteiger partial charge in [0.25, 0.3) is 0 Å². The van der Waals surface area contributed by atoms with Crippen molar-refractivity contribution in [1.29, 1.82) is 0 Å². The summed E-state index contributed by atoms with van der Waals surface area (Å²) in [6.07, 6.45) is 60.7. The molecule has 0 fully saturated rings. The van der Waals surface area contributed by atoms with Crippen molar-refractivity contribution < 1.29 is 28.6 Å². The Kier molecular flexibility index (Phi) is 52.2. The van der Waals surface area contributed by atoms with Crippen molar-refractivity contribution in [3.63, 3.8) is 0 Å². The first-order valence-corrected chi connectivity index (χ1v) is 28.7. The lowest BCUT2D eigenvalue weighted by atomic mass is 10.0. The summed E-state index contributed by atoms with van der Waals surface area (Å²) in [5.41, 5.74) is 0. The second kappa shape index (κ2) is 53.8. The maximum atomic E-state index is 12.8. The first-order chi connectivity index (χ1) is 31.5. The highest BCUT2D eigenvalue weighted by molar-refractivity contribution is 5.71. The molecule has 0 aliphatic heterocycles. The van der Waals surface area contributed by atoms with Crippen LogP contribution in [-0.4, -0.2) is 37.2 Å². The predicted molar refractivity (Wildman–Crippen MR) is 275 cm³/mol. The van der Waals surface area contributed by atoms with Gasteiger partial charge < -0.3 is 14.2 Å². The minimum absolute atomic E-state index is 0.0677. The van der Waals surface area contributed by atoms with E-state index in [0.29, 0.717) is 19.3 Å². The molecule has 1 unspecified atom stereocenters. The zero-order valence-corrected chi connectivity index (χ0v) is 43.3. The summed E-state index contributed by atoms with van der Waals surface area (Å²) in [7, 11) is 0. The summed E-state index contributed by atoms with van der Waals surface area (Å²) in [6.45, 7) is 6.66. The third-order valence-corrected chi connectivity index (χ3v) is 13.0. The molecule has 0 spiro atoms. The minimum Gasteiger partial charge on any atom is -0.462 e. The summed E-state index contributed by atoms with van der Waals surface area (Å²) < 4.78 is 16.8. The molecule has 0 heterocycles. The number of ether oxygens (including phenoxy) is 3. The van der Waals surface area contributed by atoms with Crippen LogP contribution in [0.1, 0.15) is 323 Å². The molecule has 378 valence electrons. The number of rotatable bonds is 53. The molecule has 0 aromatic heterocycles. The molecule has 0 aliphatic carbocycles. The molecule has 0 rings (SSSR count). The molecule has 0 saturated heterocycles. The summed E-state index contributed by atoms with van der Waals surface area (Å²) in [6, 6.07) is 0. The van der Waals surface area contributed by atoms with Crippen molar-refractivity contribution in [3.8, 4) is 0 Å². The van der Waals surface area contributed by atoms with Gasteiger partial charge in [0.2, 0.25) is 0 Å². The van der Waals surface area contributed by atoms with Crippen LogP contribution in [0.15, 0.2) is 12.2 Å². The van der Waals surface area contributed by atoms with Gasteiger partial charge in [-0.15, -0.1) is 0 Å². The van der Waals surface area contributed by atoms with Crippen LogP contribution in [0.2, 0.25) is 0 Å². The van der Waals surface area contributed by atoms with E-state index in [9.17, 15) is 14.4 Å². The van der Waals surface area contributed by atoms with E-state index in [2.05, 4.69) is 32.9 Å². The second-order valence-electron chi connectivity index (χ2n) is 19.6. The lowest BCUT2D eigenvalue weighted by molar-refractivity contribution is -0.167. The van der Waals surface area contributed by atoms with Gasteiger partial charge in [0.1, 0.15) is 13.2 Å². The molecule has 0 N–H and O–H groups in total. The zero-order valence-electron chi connectivity index (χ0n) is 43.3. The largest absolute Gasteiger partial charge is 0.462 e. The smallest absolute Gasteiger partial charge is 0.306 e. The standard InChI is InChI=1S/C58H110O6/c1-4-7-10-13-16-19-22-24-25-26-27-28-29-30-31-32-34-36-39-42-45-48-51-57(60)63-54-55(53-62-56(59)50-47-44-41-38-35-21-18-15-12-9-6-3)64-58(61)52-49-46-43-40-37-33-23-20-17-14-11-8-5-2/h20,23,55H,4-19,21-22,24-54H2,1-3H3/b23-20-. The van der Waals surface area contributed by atoms with E-state index >= 15 is 0 Å². The van der Waals surface area contributed by atoms with Crippen LogP contribution < -0.4 is 0 Å². The van der Waals surface area contributed by atoms with Crippen molar-refractivity contribution in [2.75, 3.05) is 13.2 Å². The first-order valence-electron chi connectivity index (χ1n) is 28.7. The third-order valence-electron chi connectivity index (χ3n) is 13.0. The maximum Gasteiger partial charge on any atom is 0.306 e. The van der Waals surface area contributed by atoms with Gasteiger partial charge in [-0.25, -0.2) is 0 Å². The lowest BCUT2D eigenvalue weighted by Gasteiger charge is -2.18. The monoisotopic (exact) mass is 903 g/mol. The molecule has 0 radical (unpaired) electrons. The van der Waals surface area contributed by atoms with Crippen LogP contribution in [0, 0.1) is 0 Å². The van der Waals surface area contributed by atoms with Crippen LogP contribution >= 0.6 is 0 Å². The lowest BCUT2D eigenvalue weighted by Crippen LogP contribution is -2.30. The molecule has 1 atom stereocenters. The van der Waals surface area contributed by atoms with Crippen LogP contribution in [0.4, 0.5) is 0 Å². The molecule has 0 bridgehead atoms. The van der Waals surface area contributed by atoms with Crippen LogP contribution in [-0.2, 0) is 28.6 Å². The van der Waals surface area contributed by atoms with Crippen molar-refractivity contribution in [2.45, 2.75) is 329 Å². The number of hydrogen-bond donors (Lipinski definition) is 0. The molecule has 0 aromatic rings. The fourth-order valence-corrected chi connectivity index (χ4v) is 8.68. The predicted octanol–water partition coefficient (Wildman–Crippen LogP) is 18.9. The van der Waals surface area contributed by atoms with Crippen LogP contribution in [0.25, 0.3) is 0 Å². The van der Waals surface area contributed by atoms with E-state index in [-0.39, 0.29) is 31.1 Å². The van der Waals surface area contributed by atoms with E-state index in [1.807, 2.05) is 0 Å². The van der Waals surface area contributed by atoms with Gasteiger partial charge in [-0.3, -0.25) is 14.4 Å². The van der Waals surface area contributed by atoms with E-state index < -0.39 is 6.10 Å². The van der Waals surface area contributed by atoms with Crippen LogP contribution in [0.3, 0.4) is 0 Å². The summed E-state index contributed by atoms with van der Waals surface area (Å²) in [4.78, 5) is 38.0. The quantitative estimate of drug-likeness (QED) is 0.0262. The van der Waals surface area contributed by atoms with Crippen molar-refractivity contribution >= 4 is 17.9 Å². The van der Waals surface area contributed by atoms with Gasteiger partial charge in [0.15, 0.2) is 6.10 Å². The average molecular weight is 904 g/mol. The maximum absolute atomic E-state index is 12.8. The number of carbonyl (C=O) groups excluding carboxylic acids is 3. The molecule has 6 nitrogen and oxygen atoms in total. The van der Waals surface area contributed by atoms with E-state index in [0.717, 1.165) is 64.2 Å². The number of allylic oxidation sites excluding steroid dienone is 2. The highest BCUT2D eigenvalue weighted by Gasteiger charge is 2.19. The fourth-order valence-electron chi connectivity index (χ4n) is 8.68. The first kappa shape index (κ1) is 62.1. The molecule has 0 saturated carbocycles. The number of unbranched alkanes of at least 4 members (excludes halogenated alkanes) is 40. The Balaban J connectivity index is 4.20. The van der Waals surface area contributed by atoms with E-state index in [1.54, 1.807) is 0 Å². The molecular weight excluding hydrogens is 793 g/mol. The molecule has 64 heavy (non-hydrogen) atoms. The minimum atomic E-state index is -0.768. The van der Waals surface area contributed by atoms with Gasteiger partial charge in [-0.2, -0.15) is 0 Å². The SMILES string of the molecule is CCCCCC/C=C\CCCCCCCC(=O)OC(COC(=O)CCCCCCCCCCCCC)COC(=O)CCCCCCCCCCCCCCCCCCCCCCCC. The van der Waals surface area contributed by atoms with E-state index in [1.165, 1.54) is 218 Å². The average Bonchev–Trinajstić information content (AvgIpc) is 3.29. The Hall–Kier alpha value is -1.85. The summed E-state index contributed by atoms with van der Waals surface area (Å²) in [5, 5.41) is 0. The molecule has 6 heteroatoms. The number of carbonyl (C=O) groups is 3. The summed E-state index contributed by atoms with van der Waals surface area (Å²) >= 11 is 0. The molecule has 0 aliphatic rings. The Morgan fingerprint density at radius 1 is 0.297 bits per heavy atom. The van der Waals surface area contributed by atoms with Gasteiger partial charge in [-0.1, -0.05) is 270 Å². The Morgan fingerprint density at radius 2 is 0.516 bits per heavy atom. The third kappa shape index (κ3) is 51.1. The Bertz CT molecular complexity index is 993. The van der Waals surface area contributed by atoms with Crippen LogP contribution in [0.5, 0.6) is 0 Å².